The van der Waals surface area contributed by atoms with Gasteiger partial charge in [-0.25, -0.2) is 0 Å². The van der Waals surface area contributed by atoms with Gasteiger partial charge in [0.2, 0.25) is 11.8 Å². The van der Waals surface area contributed by atoms with E-state index in [2.05, 4.69) is 27.8 Å². The van der Waals surface area contributed by atoms with Gasteiger partial charge in [-0.1, -0.05) is 19.8 Å². The number of amides is 2. The van der Waals surface area contributed by atoms with E-state index in [9.17, 15) is 9.59 Å². The molecule has 202 valence electrons. The zero-order valence-electron chi connectivity index (χ0n) is 21.9. The van der Waals surface area contributed by atoms with Crippen LogP contribution in [0.4, 0.5) is 5.69 Å². The molecule has 5 N–H and O–H groups in total. The van der Waals surface area contributed by atoms with Crippen LogP contribution in [0, 0.1) is 0 Å². The van der Waals surface area contributed by atoms with Crippen LogP contribution in [0.15, 0.2) is 23.7 Å². The summed E-state index contributed by atoms with van der Waals surface area (Å²) in [4.78, 5) is 31.8. The lowest BCUT2D eigenvalue weighted by atomic mass is 9.98. The summed E-state index contributed by atoms with van der Waals surface area (Å²) in [6, 6.07) is 4.62. The molecule has 0 saturated heterocycles. The minimum absolute atomic E-state index is 0.0308. The summed E-state index contributed by atoms with van der Waals surface area (Å²) in [6.07, 6.45) is 6.32. The van der Waals surface area contributed by atoms with Crippen LogP contribution in [0.25, 0.3) is 0 Å². The summed E-state index contributed by atoms with van der Waals surface area (Å²) in [5, 5.41) is 9.74. The Bertz CT molecular complexity index is 1110. The number of alkyl halides is 1. The second kappa shape index (κ2) is 10.1. The third-order valence-corrected chi connectivity index (χ3v) is 8.33. The van der Waals surface area contributed by atoms with Crippen molar-refractivity contribution < 1.29 is 14.3 Å². The number of hydrogen-bond acceptors (Lipinski definition) is 8. The van der Waals surface area contributed by atoms with E-state index in [1.165, 1.54) is 12.8 Å². The molecular formula is C26H38ClN7O3. The molecule has 2 atom stereocenters. The minimum atomic E-state index is -1.42. The first-order chi connectivity index (χ1) is 17.8. The highest BCUT2D eigenvalue weighted by Gasteiger charge is 2.46. The van der Waals surface area contributed by atoms with Gasteiger partial charge >= 0.3 is 0 Å². The summed E-state index contributed by atoms with van der Waals surface area (Å²) in [7, 11) is 3.56. The Morgan fingerprint density at radius 2 is 2.03 bits per heavy atom. The van der Waals surface area contributed by atoms with E-state index in [0.717, 1.165) is 42.8 Å². The first-order valence-corrected chi connectivity index (χ1v) is 13.7. The number of carbonyl (C=O) groups excluding carboxylic acids is 2. The predicted octanol–water partition coefficient (Wildman–Crippen LogP) is 1.66. The van der Waals surface area contributed by atoms with Crippen molar-refractivity contribution in [2.45, 2.75) is 70.0 Å². The first kappa shape index (κ1) is 25.8. The third kappa shape index (κ3) is 4.77. The van der Waals surface area contributed by atoms with Crippen molar-refractivity contribution in [1.29, 1.82) is 0 Å². The number of ether oxygens (including phenoxy) is 1. The zero-order valence-corrected chi connectivity index (χ0v) is 22.7. The monoisotopic (exact) mass is 531 g/mol. The van der Waals surface area contributed by atoms with Gasteiger partial charge in [0.25, 0.3) is 5.91 Å². The van der Waals surface area contributed by atoms with Crippen LogP contribution < -0.4 is 26.4 Å². The van der Waals surface area contributed by atoms with Crippen LogP contribution in [0.3, 0.4) is 0 Å². The van der Waals surface area contributed by atoms with E-state index >= 15 is 0 Å². The van der Waals surface area contributed by atoms with E-state index in [0.29, 0.717) is 48.7 Å². The van der Waals surface area contributed by atoms with Gasteiger partial charge in [-0.3, -0.25) is 20.6 Å². The summed E-state index contributed by atoms with van der Waals surface area (Å²) in [5.41, 5.74) is 10.2. The summed E-state index contributed by atoms with van der Waals surface area (Å²) in [5.74, 6) is -0.368. The molecule has 1 aromatic carbocycles. The highest BCUT2D eigenvalue weighted by molar-refractivity contribution is 6.27. The summed E-state index contributed by atoms with van der Waals surface area (Å²) < 4.78 is 5.69. The van der Waals surface area contributed by atoms with Gasteiger partial charge in [-0.2, -0.15) is 0 Å². The number of nitrogens with one attached hydrogen (secondary N) is 3. The standard InChI is InChI=1S/C26H38ClN7O3/c1-4-18-15-32(2)23-24(34(18)19-7-5-6-8-19)30-26(28,31-25(23)36)29-20-11-16-9-10-33(22(35)13-27)14-17(16)12-21(20)37-3/h11-12,18-19,29-30H,4-10,13-15,28H2,1-3H3,(H,31,36)/t18?,26-/m1/s1. The number of fused-ring (bicyclic) bond motifs is 1. The van der Waals surface area contributed by atoms with E-state index < -0.39 is 5.91 Å². The van der Waals surface area contributed by atoms with Gasteiger partial charge in [0.1, 0.15) is 23.1 Å². The van der Waals surface area contributed by atoms with Crippen molar-refractivity contribution >= 4 is 29.1 Å². The number of nitrogens with two attached hydrogens (primary N) is 1. The lowest BCUT2D eigenvalue weighted by molar-refractivity contribution is -0.129. The van der Waals surface area contributed by atoms with Crippen molar-refractivity contribution in [1.82, 2.24) is 25.3 Å². The van der Waals surface area contributed by atoms with Crippen LogP contribution in [0.2, 0.25) is 0 Å². The van der Waals surface area contributed by atoms with E-state index in [1.54, 1.807) is 12.0 Å². The quantitative estimate of drug-likeness (QED) is 0.324. The molecule has 2 amide bonds. The fourth-order valence-corrected chi connectivity index (χ4v) is 6.43. The largest absolute Gasteiger partial charge is 0.495 e. The topological polar surface area (TPSA) is 115 Å². The van der Waals surface area contributed by atoms with Crippen molar-refractivity contribution in [2.75, 3.05) is 38.4 Å². The molecule has 1 aromatic rings. The number of likely N-dealkylation sites (N-methyl/N-ethyl adjacent to an activating group) is 1. The van der Waals surface area contributed by atoms with Crippen LogP contribution in [-0.2, 0) is 22.6 Å². The van der Waals surface area contributed by atoms with Crippen LogP contribution in [-0.4, -0.2) is 77.6 Å². The van der Waals surface area contributed by atoms with Crippen LogP contribution in [0.1, 0.15) is 50.2 Å². The molecule has 3 aliphatic heterocycles. The lowest BCUT2D eigenvalue weighted by Crippen LogP contribution is -2.76. The Morgan fingerprint density at radius 3 is 2.70 bits per heavy atom. The van der Waals surface area contributed by atoms with Crippen molar-refractivity contribution in [3.05, 3.63) is 34.8 Å². The SMILES string of the molecule is CCC1CN(C)C2=C(N[C@@](N)(Nc3cc4c(cc3OC)CN(C(=O)CCl)CC4)NC2=O)N1C1CCCC1. The number of rotatable bonds is 6. The molecular weight excluding hydrogens is 494 g/mol. The number of carbonyl (C=O) groups is 2. The van der Waals surface area contributed by atoms with Crippen LogP contribution >= 0.6 is 11.6 Å². The number of methoxy groups -OCH3 is 1. The molecule has 0 spiro atoms. The van der Waals surface area contributed by atoms with Gasteiger partial charge in [0.05, 0.1) is 12.8 Å². The molecule has 0 bridgehead atoms. The van der Waals surface area contributed by atoms with E-state index in [1.807, 2.05) is 24.1 Å². The summed E-state index contributed by atoms with van der Waals surface area (Å²) in [6.45, 7) is 4.08. The molecule has 0 radical (unpaired) electrons. The fraction of sp³-hybridized carbons (Fsp3) is 0.615. The molecule has 3 heterocycles. The smallest absolute Gasteiger partial charge is 0.275 e. The Hall–Kier alpha value is -2.85. The fourth-order valence-electron chi connectivity index (χ4n) is 6.26. The molecule has 1 aliphatic carbocycles. The number of halogens is 1. The Morgan fingerprint density at radius 1 is 1.27 bits per heavy atom. The Labute approximate surface area is 223 Å². The van der Waals surface area contributed by atoms with Crippen LogP contribution in [0.5, 0.6) is 5.75 Å². The lowest BCUT2D eigenvalue weighted by Gasteiger charge is -2.52. The number of anilines is 1. The second-order valence-corrected chi connectivity index (χ2v) is 10.8. The normalized spacial score (nSPS) is 25.9. The molecule has 11 heteroatoms. The molecule has 37 heavy (non-hydrogen) atoms. The van der Waals surface area contributed by atoms with Gasteiger partial charge in [-0.15, -0.1) is 11.6 Å². The maximum Gasteiger partial charge on any atom is 0.275 e. The molecule has 10 nitrogen and oxygen atoms in total. The van der Waals surface area contributed by atoms with E-state index in [4.69, 9.17) is 22.1 Å². The number of benzene rings is 1. The molecule has 1 saturated carbocycles. The maximum atomic E-state index is 13.4. The van der Waals surface area contributed by atoms with Gasteiger partial charge in [0, 0.05) is 38.8 Å². The highest BCUT2D eigenvalue weighted by atomic mass is 35.5. The molecule has 5 rings (SSSR count). The van der Waals surface area contributed by atoms with E-state index in [-0.39, 0.29) is 17.7 Å². The Kier molecular flexibility index (Phi) is 7.06. The number of nitrogens with zero attached hydrogens (tertiary/aromatic N) is 3. The predicted molar refractivity (Wildman–Crippen MR) is 142 cm³/mol. The zero-order chi connectivity index (χ0) is 26.3. The van der Waals surface area contributed by atoms with Gasteiger partial charge in [0.15, 0.2) is 0 Å². The van der Waals surface area contributed by atoms with Crippen molar-refractivity contribution in [2.24, 2.45) is 5.73 Å². The average molecular weight is 532 g/mol. The number of hydrogen-bond donors (Lipinski definition) is 4. The average Bonchev–Trinajstić information content (AvgIpc) is 3.41. The second-order valence-electron chi connectivity index (χ2n) is 10.5. The molecule has 0 aromatic heterocycles. The first-order valence-electron chi connectivity index (χ1n) is 13.2. The minimum Gasteiger partial charge on any atom is -0.495 e. The molecule has 1 fully saturated rings. The highest BCUT2D eigenvalue weighted by Crippen LogP contribution is 2.37. The molecule has 1 unspecified atom stereocenters. The maximum absolute atomic E-state index is 13.4. The molecule has 4 aliphatic rings. The van der Waals surface area contributed by atoms with Gasteiger partial charge < -0.3 is 30.1 Å². The van der Waals surface area contributed by atoms with Crippen molar-refractivity contribution in [3.63, 3.8) is 0 Å². The Balaban J connectivity index is 1.45. The van der Waals surface area contributed by atoms with Gasteiger partial charge in [-0.05, 0) is 48.9 Å². The van der Waals surface area contributed by atoms with Crippen molar-refractivity contribution in [3.8, 4) is 5.75 Å². The third-order valence-electron chi connectivity index (χ3n) is 8.11. The summed E-state index contributed by atoms with van der Waals surface area (Å²) >= 11 is 5.77.